The van der Waals surface area contributed by atoms with E-state index in [0.717, 1.165) is 24.8 Å². The van der Waals surface area contributed by atoms with Gasteiger partial charge in [-0.3, -0.25) is 9.78 Å². The second-order valence-corrected chi connectivity index (χ2v) is 4.09. The maximum Gasteiger partial charge on any atom is 0.303 e. The normalized spacial score (nSPS) is 10.6. The Bertz CT molecular complexity index is 517. The van der Waals surface area contributed by atoms with Gasteiger partial charge in [-0.2, -0.15) is 0 Å². The Balaban J connectivity index is 2.05. The van der Waals surface area contributed by atoms with Gasteiger partial charge >= 0.3 is 5.97 Å². The molecule has 0 spiro atoms. The molecule has 1 aromatic carbocycles. The number of aromatic nitrogens is 1. The summed E-state index contributed by atoms with van der Waals surface area (Å²) in [5.74, 6) is -0.718. The molecule has 0 unspecified atom stereocenters. The highest BCUT2D eigenvalue weighted by atomic mass is 16.4. The number of carboxylic acid groups (broad SMARTS) is 1. The Hall–Kier alpha value is -1.90. The fourth-order valence-electron chi connectivity index (χ4n) is 1.96. The molecule has 17 heavy (non-hydrogen) atoms. The van der Waals surface area contributed by atoms with E-state index in [9.17, 15) is 4.79 Å². The van der Waals surface area contributed by atoms with Crippen molar-refractivity contribution in [3.63, 3.8) is 0 Å². The van der Waals surface area contributed by atoms with Crippen LogP contribution < -0.4 is 0 Å². The first-order chi connectivity index (χ1) is 8.27. The number of para-hydroxylation sites is 1. The van der Waals surface area contributed by atoms with Gasteiger partial charge in [0.15, 0.2) is 0 Å². The molecule has 1 heterocycles. The Morgan fingerprint density at radius 3 is 2.82 bits per heavy atom. The lowest BCUT2D eigenvalue weighted by Crippen LogP contribution is -1.95. The van der Waals surface area contributed by atoms with Crippen molar-refractivity contribution in [1.29, 1.82) is 0 Å². The van der Waals surface area contributed by atoms with Gasteiger partial charge < -0.3 is 5.11 Å². The molecule has 0 amide bonds. The molecule has 3 heteroatoms. The van der Waals surface area contributed by atoms with Crippen LogP contribution in [0.3, 0.4) is 0 Å². The first-order valence-electron chi connectivity index (χ1n) is 5.82. The van der Waals surface area contributed by atoms with Crippen molar-refractivity contribution in [3.8, 4) is 0 Å². The number of fused-ring (bicyclic) bond motifs is 1. The lowest BCUT2D eigenvalue weighted by molar-refractivity contribution is -0.137. The van der Waals surface area contributed by atoms with Crippen LogP contribution in [0, 0.1) is 0 Å². The number of carboxylic acids is 1. The molecule has 3 nitrogen and oxygen atoms in total. The third-order valence-corrected chi connectivity index (χ3v) is 2.83. The summed E-state index contributed by atoms with van der Waals surface area (Å²) < 4.78 is 0. The minimum Gasteiger partial charge on any atom is -0.481 e. The number of unbranched alkanes of at least 4 members (excludes halogenated alkanes) is 1. The van der Waals surface area contributed by atoms with E-state index in [1.807, 2.05) is 30.5 Å². The van der Waals surface area contributed by atoms with Crippen LogP contribution in [0.15, 0.2) is 36.5 Å². The van der Waals surface area contributed by atoms with Crippen molar-refractivity contribution in [2.45, 2.75) is 25.7 Å². The largest absolute Gasteiger partial charge is 0.481 e. The number of aliphatic carboxylic acids is 1. The SMILES string of the molecule is O=C(O)CCCCc1ccnc2ccccc12. The quantitative estimate of drug-likeness (QED) is 0.802. The third-order valence-electron chi connectivity index (χ3n) is 2.83. The minimum absolute atomic E-state index is 0.253. The van der Waals surface area contributed by atoms with E-state index in [0.29, 0.717) is 0 Å². The van der Waals surface area contributed by atoms with Gasteiger partial charge in [0.2, 0.25) is 0 Å². The average molecular weight is 229 g/mol. The Kier molecular flexibility index (Phi) is 3.70. The number of nitrogens with zero attached hydrogens (tertiary/aromatic N) is 1. The van der Waals surface area contributed by atoms with Crippen molar-refractivity contribution in [3.05, 3.63) is 42.1 Å². The minimum atomic E-state index is -0.718. The van der Waals surface area contributed by atoms with E-state index in [2.05, 4.69) is 11.1 Å². The number of pyridine rings is 1. The van der Waals surface area contributed by atoms with Crippen molar-refractivity contribution >= 4 is 16.9 Å². The predicted molar refractivity (Wildman–Crippen MR) is 66.9 cm³/mol. The zero-order valence-corrected chi connectivity index (χ0v) is 9.60. The molecule has 0 aliphatic rings. The van der Waals surface area contributed by atoms with Gasteiger partial charge in [-0.15, -0.1) is 0 Å². The molecule has 1 aromatic heterocycles. The van der Waals surface area contributed by atoms with Crippen molar-refractivity contribution in [1.82, 2.24) is 4.98 Å². The fraction of sp³-hybridized carbons (Fsp3) is 0.286. The molecule has 0 bridgehead atoms. The topological polar surface area (TPSA) is 50.2 Å². The van der Waals surface area contributed by atoms with Gasteiger partial charge in [0.05, 0.1) is 5.52 Å². The molecule has 0 aliphatic heterocycles. The second kappa shape index (κ2) is 5.43. The third kappa shape index (κ3) is 3.03. The number of hydrogen-bond donors (Lipinski definition) is 1. The highest BCUT2D eigenvalue weighted by molar-refractivity contribution is 5.81. The van der Waals surface area contributed by atoms with Crippen molar-refractivity contribution in [2.75, 3.05) is 0 Å². The predicted octanol–water partition coefficient (Wildman–Crippen LogP) is 3.03. The molecular formula is C14H15NO2. The summed E-state index contributed by atoms with van der Waals surface area (Å²) in [5.41, 5.74) is 2.25. The van der Waals surface area contributed by atoms with Crippen LogP contribution in [-0.2, 0) is 11.2 Å². The monoisotopic (exact) mass is 229 g/mol. The van der Waals surface area contributed by atoms with Gasteiger partial charge in [0.1, 0.15) is 0 Å². The Morgan fingerprint density at radius 1 is 1.18 bits per heavy atom. The lowest BCUT2D eigenvalue weighted by Gasteiger charge is -2.05. The van der Waals surface area contributed by atoms with Gasteiger partial charge in [0, 0.05) is 18.0 Å². The van der Waals surface area contributed by atoms with Crippen molar-refractivity contribution in [2.24, 2.45) is 0 Å². The maximum atomic E-state index is 10.4. The molecule has 2 rings (SSSR count). The molecule has 1 N–H and O–H groups in total. The summed E-state index contributed by atoms with van der Waals surface area (Å²) in [5, 5.41) is 9.74. The molecule has 88 valence electrons. The molecule has 0 atom stereocenters. The van der Waals surface area contributed by atoms with Crippen LogP contribution in [0.2, 0.25) is 0 Å². The lowest BCUT2D eigenvalue weighted by atomic mass is 10.0. The Labute approximate surface area is 100 Å². The van der Waals surface area contributed by atoms with E-state index < -0.39 is 5.97 Å². The van der Waals surface area contributed by atoms with Crippen LogP contribution in [0.1, 0.15) is 24.8 Å². The average Bonchev–Trinajstić information content (AvgIpc) is 2.34. The second-order valence-electron chi connectivity index (χ2n) is 4.09. The molecular weight excluding hydrogens is 214 g/mol. The first-order valence-corrected chi connectivity index (χ1v) is 5.82. The zero-order valence-electron chi connectivity index (χ0n) is 9.60. The van der Waals surface area contributed by atoms with Crippen LogP contribution in [0.5, 0.6) is 0 Å². The highest BCUT2D eigenvalue weighted by Gasteiger charge is 2.02. The number of carbonyl (C=O) groups is 1. The summed E-state index contributed by atoms with van der Waals surface area (Å²) in [6.45, 7) is 0. The highest BCUT2D eigenvalue weighted by Crippen LogP contribution is 2.18. The number of hydrogen-bond acceptors (Lipinski definition) is 2. The van der Waals surface area contributed by atoms with E-state index in [1.165, 1.54) is 10.9 Å². The molecule has 0 aliphatic carbocycles. The van der Waals surface area contributed by atoms with Crippen molar-refractivity contribution < 1.29 is 9.90 Å². The number of benzene rings is 1. The van der Waals surface area contributed by atoms with Gasteiger partial charge in [-0.25, -0.2) is 0 Å². The van der Waals surface area contributed by atoms with Crippen LogP contribution >= 0.6 is 0 Å². The molecule has 2 aromatic rings. The Morgan fingerprint density at radius 2 is 2.00 bits per heavy atom. The summed E-state index contributed by atoms with van der Waals surface area (Å²) >= 11 is 0. The van der Waals surface area contributed by atoms with E-state index in [4.69, 9.17) is 5.11 Å². The molecule has 0 saturated carbocycles. The standard InChI is InChI=1S/C14H15NO2/c16-14(17)8-4-1-5-11-9-10-15-13-7-3-2-6-12(11)13/h2-3,6-7,9-10H,1,4-5,8H2,(H,16,17). The maximum absolute atomic E-state index is 10.4. The summed E-state index contributed by atoms with van der Waals surface area (Å²) in [6, 6.07) is 10.1. The number of aryl methyl sites for hydroxylation is 1. The number of rotatable bonds is 5. The first kappa shape index (κ1) is 11.6. The molecule has 0 fully saturated rings. The van der Waals surface area contributed by atoms with Gasteiger partial charge in [0.25, 0.3) is 0 Å². The molecule has 0 radical (unpaired) electrons. The summed E-state index contributed by atoms with van der Waals surface area (Å²) in [4.78, 5) is 14.7. The van der Waals surface area contributed by atoms with E-state index in [-0.39, 0.29) is 6.42 Å². The fourth-order valence-corrected chi connectivity index (χ4v) is 1.96. The van der Waals surface area contributed by atoms with Gasteiger partial charge in [-0.1, -0.05) is 18.2 Å². The summed E-state index contributed by atoms with van der Waals surface area (Å²) in [7, 11) is 0. The van der Waals surface area contributed by atoms with Crippen LogP contribution in [-0.4, -0.2) is 16.1 Å². The van der Waals surface area contributed by atoms with E-state index >= 15 is 0 Å². The van der Waals surface area contributed by atoms with Gasteiger partial charge in [-0.05, 0) is 37.0 Å². The van der Waals surface area contributed by atoms with Crippen LogP contribution in [0.25, 0.3) is 10.9 Å². The smallest absolute Gasteiger partial charge is 0.303 e. The summed E-state index contributed by atoms with van der Waals surface area (Å²) in [6.07, 6.45) is 4.61. The van der Waals surface area contributed by atoms with E-state index in [1.54, 1.807) is 0 Å². The molecule has 0 saturated heterocycles. The van der Waals surface area contributed by atoms with Crippen LogP contribution in [0.4, 0.5) is 0 Å². The zero-order chi connectivity index (χ0) is 12.1.